The summed E-state index contributed by atoms with van der Waals surface area (Å²) in [5.41, 5.74) is 0. The molecule has 0 aromatic rings. The first-order valence-corrected chi connectivity index (χ1v) is 1.95. The maximum atomic E-state index is 9.00. The molecule has 0 aromatic carbocycles. The molecule has 0 aliphatic heterocycles. The maximum absolute atomic E-state index is 9.00. The minimum Gasteiger partial charge on any atom is -0.481 e. The van der Waals surface area contributed by atoms with Gasteiger partial charge in [0.25, 0.3) is 5.97 Å². The van der Waals surface area contributed by atoms with E-state index in [1.807, 2.05) is 0 Å². The Kier molecular flexibility index (Phi) is 586. The van der Waals surface area contributed by atoms with Crippen LogP contribution in [-0.2, 0) is 21.3 Å². The number of aliphatic carboxylic acids is 1. The molecule has 0 bridgehead atoms. The summed E-state index contributed by atoms with van der Waals surface area (Å²) in [5.74, 6) is -0.833. The molecular weight excluding hydrogens is 235 g/mol. The maximum Gasteiger partial charge on any atom is 0.300 e. The van der Waals surface area contributed by atoms with Crippen molar-refractivity contribution in [1.29, 1.82) is 0 Å². The van der Waals surface area contributed by atoms with Gasteiger partial charge in [-0.1, -0.05) is 0 Å². The van der Waals surface area contributed by atoms with Gasteiger partial charge >= 0.3 is 0 Å². The van der Waals surface area contributed by atoms with Crippen LogP contribution in [0, 0.1) is 0 Å². The van der Waals surface area contributed by atoms with E-state index >= 15 is 0 Å². The van der Waals surface area contributed by atoms with Crippen molar-refractivity contribution in [3.8, 4) is 0 Å². The van der Waals surface area contributed by atoms with E-state index in [4.69, 9.17) is 15.0 Å². The number of carboxylic acids is 1. The van der Waals surface area contributed by atoms with Gasteiger partial charge in [0.05, 0.1) is 0 Å². The predicted molar refractivity (Wildman–Crippen MR) is 44.1 cm³/mol. The molecule has 0 heterocycles. The fourth-order valence-electron chi connectivity index (χ4n) is 0. The Labute approximate surface area is 86.0 Å². The smallest absolute Gasteiger partial charge is 0.300 e. The van der Waals surface area contributed by atoms with Crippen molar-refractivity contribution >= 4 is 5.97 Å². The molecule has 8 nitrogen and oxygen atoms in total. The van der Waals surface area contributed by atoms with Crippen molar-refractivity contribution in [2.45, 2.75) is 13.8 Å². The van der Waals surface area contributed by atoms with E-state index < -0.39 is 5.97 Å². The number of carboxylic acid groups (broad SMARTS) is 1. The van der Waals surface area contributed by atoms with Crippen LogP contribution in [0.25, 0.3) is 0 Å². The summed E-state index contributed by atoms with van der Waals surface area (Å²) < 4.78 is 0. The number of carbonyl (C=O) groups is 1. The zero-order chi connectivity index (χ0) is 6.28. The molecule has 0 saturated carbocycles. The SMILES string of the molecule is CC(=O)O.CCO.O.O.O.O.O.[Ni]. The molecule has 94 valence electrons. The number of aliphatic hydroxyl groups is 1. The summed E-state index contributed by atoms with van der Waals surface area (Å²) in [4.78, 5) is 9.00. The Balaban J connectivity index is -0.00000000444. The molecule has 0 aliphatic carbocycles. The van der Waals surface area contributed by atoms with Gasteiger partial charge in [0.2, 0.25) is 0 Å². The van der Waals surface area contributed by atoms with Crippen molar-refractivity contribution < 1.29 is 58.9 Å². The summed E-state index contributed by atoms with van der Waals surface area (Å²) >= 11 is 0. The second-order valence-electron chi connectivity index (χ2n) is 0.835. The van der Waals surface area contributed by atoms with Crippen LogP contribution in [0.5, 0.6) is 0 Å². The topological polar surface area (TPSA) is 215 Å². The molecule has 9 heteroatoms. The second kappa shape index (κ2) is 97.2. The quantitative estimate of drug-likeness (QED) is 0.413. The molecule has 0 spiro atoms. The van der Waals surface area contributed by atoms with Crippen LogP contribution in [0.15, 0.2) is 0 Å². The molecule has 0 radical (unpaired) electrons. The first kappa shape index (κ1) is 78.4. The van der Waals surface area contributed by atoms with Gasteiger partial charge in [-0.15, -0.1) is 0 Å². The van der Waals surface area contributed by atoms with E-state index in [1.54, 1.807) is 6.92 Å². The summed E-state index contributed by atoms with van der Waals surface area (Å²) in [5, 5.41) is 15.0. The van der Waals surface area contributed by atoms with Gasteiger partial charge in [-0.3, -0.25) is 4.79 Å². The third kappa shape index (κ3) is 14500. The van der Waals surface area contributed by atoms with Gasteiger partial charge in [0.15, 0.2) is 0 Å². The van der Waals surface area contributed by atoms with Crippen molar-refractivity contribution in [2.75, 3.05) is 6.61 Å². The van der Waals surface area contributed by atoms with E-state index in [1.165, 1.54) is 0 Å². The van der Waals surface area contributed by atoms with E-state index in [0.29, 0.717) is 0 Å². The Morgan fingerprint density at radius 3 is 1.08 bits per heavy atom. The van der Waals surface area contributed by atoms with E-state index in [2.05, 4.69) is 0 Å². The molecule has 12 N–H and O–H groups in total. The monoisotopic (exact) mass is 254 g/mol. The molecule has 0 aromatic heterocycles. The molecule has 0 amide bonds. The van der Waals surface area contributed by atoms with Gasteiger partial charge < -0.3 is 37.6 Å². The van der Waals surface area contributed by atoms with Gasteiger partial charge in [-0.25, -0.2) is 0 Å². The van der Waals surface area contributed by atoms with E-state index in [-0.39, 0.29) is 50.5 Å². The third-order valence-corrected chi connectivity index (χ3v) is 0. The molecule has 0 fully saturated rings. The number of hydrogen-bond donors (Lipinski definition) is 2. The minimum absolute atomic E-state index is 0. The van der Waals surface area contributed by atoms with Crippen LogP contribution < -0.4 is 0 Å². The Bertz CT molecular complexity index is 47.4. The van der Waals surface area contributed by atoms with Crippen LogP contribution in [-0.4, -0.2) is 50.2 Å². The fourth-order valence-corrected chi connectivity index (χ4v) is 0. The van der Waals surface area contributed by atoms with Gasteiger partial charge in [-0.05, 0) is 6.92 Å². The molecule has 0 rings (SSSR count). The van der Waals surface area contributed by atoms with Crippen molar-refractivity contribution in [3.63, 3.8) is 0 Å². The summed E-state index contributed by atoms with van der Waals surface area (Å²) in [6.07, 6.45) is 0. The Hall–Kier alpha value is -0.276. The van der Waals surface area contributed by atoms with Crippen LogP contribution in [0.2, 0.25) is 0 Å². The van der Waals surface area contributed by atoms with Crippen LogP contribution in [0.4, 0.5) is 0 Å². The number of hydrogen-bond acceptors (Lipinski definition) is 2. The molecule has 0 atom stereocenters. The zero-order valence-corrected chi connectivity index (χ0v) is 8.31. The normalized spacial score (nSPS) is 3.31. The van der Waals surface area contributed by atoms with Gasteiger partial charge in [0.1, 0.15) is 0 Å². The van der Waals surface area contributed by atoms with Gasteiger partial charge in [0, 0.05) is 30.0 Å². The van der Waals surface area contributed by atoms with Crippen LogP contribution in [0.1, 0.15) is 13.8 Å². The van der Waals surface area contributed by atoms with Gasteiger partial charge in [-0.2, -0.15) is 0 Å². The first-order chi connectivity index (χ1) is 3.15. The number of rotatable bonds is 0. The van der Waals surface area contributed by atoms with Crippen molar-refractivity contribution in [1.82, 2.24) is 0 Å². The van der Waals surface area contributed by atoms with Crippen LogP contribution in [0.3, 0.4) is 0 Å². The number of aliphatic hydroxyl groups excluding tert-OH is 1. The van der Waals surface area contributed by atoms with Crippen LogP contribution >= 0.6 is 0 Å². The first-order valence-electron chi connectivity index (χ1n) is 1.95. The minimum atomic E-state index is -0.833. The largest absolute Gasteiger partial charge is 0.481 e. The van der Waals surface area contributed by atoms with Crippen molar-refractivity contribution in [3.05, 3.63) is 0 Å². The van der Waals surface area contributed by atoms with E-state index in [9.17, 15) is 0 Å². The molecule has 0 unspecified atom stereocenters. The molecule has 0 saturated heterocycles. The average Bonchev–Trinajstić information content (AvgIpc) is 1.33. The summed E-state index contributed by atoms with van der Waals surface area (Å²) in [7, 11) is 0. The predicted octanol–water partition coefficient (Wildman–Crippen LogP) is -4.04. The molecule has 0 aliphatic rings. The Morgan fingerprint density at radius 1 is 1.08 bits per heavy atom. The Morgan fingerprint density at radius 2 is 1.08 bits per heavy atom. The third-order valence-electron chi connectivity index (χ3n) is 0. The molecular formula is C4H20NiO8. The fraction of sp³-hybridized carbons (Fsp3) is 0.750. The molecule has 13 heavy (non-hydrogen) atoms. The second-order valence-corrected chi connectivity index (χ2v) is 0.835. The summed E-state index contributed by atoms with van der Waals surface area (Å²) in [6.45, 7) is 3.01. The average molecular weight is 255 g/mol. The standard InChI is InChI=1S/C2H4O2.C2H6O.Ni.5H2O/c1-2(3)4;1-2-3;;;;;;/h1H3,(H,3,4);3H,2H2,1H3;;5*1H2. The summed E-state index contributed by atoms with van der Waals surface area (Å²) in [6, 6.07) is 0. The van der Waals surface area contributed by atoms with E-state index in [0.717, 1.165) is 6.92 Å². The zero-order valence-electron chi connectivity index (χ0n) is 7.33. The van der Waals surface area contributed by atoms with Crippen molar-refractivity contribution in [2.24, 2.45) is 0 Å².